The molecule has 0 spiro atoms. The van der Waals surface area contributed by atoms with E-state index in [-0.39, 0.29) is 17.2 Å². The van der Waals surface area contributed by atoms with E-state index in [0.29, 0.717) is 6.42 Å². The summed E-state index contributed by atoms with van der Waals surface area (Å²) in [4.78, 5) is 0.263. The van der Waals surface area contributed by atoms with Gasteiger partial charge in [0.05, 0.1) is 4.90 Å². The van der Waals surface area contributed by atoms with Gasteiger partial charge in [-0.1, -0.05) is 48.5 Å². The van der Waals surface area contributed by atoms with Gasteiger partial charge in [-0.05, 0) is 30.0 Å². The molecule has 0 aromatic heterocycles. The molecule has 2 aromatic rings. The Kier molecular flexibility index (Phi) is 3.36. The Morgan fingerprint density at radius 3 is 2.30 bits per heavy atom. The van der Waals surface area contributed by atoms with Gasteiger partial charge in [-0.25, -0.2) is 8.42 Å². The Balaban J connectivity index is 2.20. The molecule has 1 N–H and O–H groups in total. The van der Waals surface area contributed by atoms with Gasteiger partial charge >= 0.3 is 0 Å². The first-order chi connectivity index (χ1) is 9.60. The fourth-order valence-corrected chi connectivity index (χ4v) is 4.37. The molecule has 0 amide bonds. The minimum absolute atomic E-state index is 0.0133. The summed E-state index contributed by atoms with van der Waals surface area (Å²) in [5.41, 5.74) is 0.567. The predicted octanol–water partition coefficient (Wildman–Crippen LogP) is 2.70. The molecule has 20 heavy (non-hydrogen) atoms. The number of hydrogen-bond acceptors (Lipinski definition) is 3. The predicted molar refractivity (Wildman–Crippen MR) is 77.2 cm³/mol. The zero-order chi connectivity index (χ0) is 14.2. The summed E-state index contributed by atoms with van der Waals surface area (Å²) in [6.45, 7) is 0. The van der Waals surface area contributed by atoms with Crippen LogP contribution in [0.2, 0.25) is 0 Å². The average molecular weight is 288 g/mol. The maximum Gasteiger partial charge on any atom is 0.205 e. The van der Waals surface area contributed by atoms with Crippen molar-refractivity contribution < 1.29 is 13.5 Å². The third kappa shape index (κ3) is 2.15. The van der Waals surface area contributed by atoms with E-state index in [0.717, 1.165) is 11.1 Å². The molecule has 0 fully saturated rings. The van der Waals surface area contributed by atoms with Crippen molar-refractivity contribution >= 4 is 9.84 Å². The van der Waals surface area contributed by atoms with Crippen molar-refractivity contribution in [3.05, 3.63) is 65.7 Å². The van der Waals surface area contributed by atoms with Gasteiger partial charge in [-0.15, -0.1) is 0 Å². The number of sulfone groups is 1. The Morgan fingerprint density at radius 1 is 0.900 bits per heavy atom. The second-order valence-electron chi connectivity index (χ2n) is 5.08. The highest BCUT2D eigenvalue weighted by atomic mass is 32.2. The van der Waals surface area contributed by atoms with Crippen LogP contribution in [-0.2, 0) is 9.84 Å². The Labute approximate surface area is 118 Å². The zero-order valence-corrected chi connectivity index (χ0v) is 11.8. The highest BCUT2D eigenvalue weighted by molar-refractivity contribution is 7.92. The van der Waals surface area contributed by atoms with Gasteiger partial charge in [0, 0.05) is 5.92 Å². The maximum atomic E-state index is 12.4. The molecule has 2 aromatic carbocycles. The van der Waals surface area contributed by atoms with Crippen LogP contribution in [-0.4, -0.2) is 19.0 Å². The van der Waals surface area contributed by atoms with Crippen molar-refractivity contribution in [1.29, 1.82) is 0 Å². The average Bonchev–Trinajstić information content (AvgIpc) is 2.57. The maximum absolute atomic E-state index is 12.4. The van der Waals surface area contributed by atoms with E-state index in [4.69, 9.17) is 0 Å². The van der Waals surface area contributed by atoms with Crippen molar-refractivity contribution in [2.45, 2.75) is 29.1 Å². The molecule has 0 aliphatic carbocycles. The molecular weight excluding hydrogens is 272 g/mol. The van der Waals surface area contributed by atoms with Crippen LogP contribution in [0.5, 0.6) is 0 Å². The molecule has 0 saturated heterocycles. The fraction of sp³-hybridized carbons (Fsp3) is 0.250. The molecule has 0 saturated carbocycles. The first-order valence-corrected chi connectivity index (χ1v) is 8.21. The number of fused-ring (bicyclic) bond motifs is 1. The normalized spacial score (nSPS) is 24.6. The van der Waals surface area contributed by atoms with E-state index in [2.05, 4.69) is 0 Å². The fourth-order valence-electron chi connectivity index (χ4n) is 2.83. The second kappa shape index (κ2) is 5.04. The Morgan fingerprint density at radius 2 is 1.55 bits per heavy atom. The van der Waals surface area contributed by atoms with Crippen molar-refractivity contribution in [1.82, 2.24) is 0 Å². The number of benzene rings is 2. The smallest absolute Gasteiger partial charge is 0.205 e. The van der Waals surface area contributed by atoms with Crippen LogP contribution in [0.4, 0.5) is 0 Å². The van der Waals surface area contributed by atoms with Crippen LogP contribution in [0.25, 0.3) is 0 Å². The van der Waals surface area contributed by atoms with Crippen LogP contribution in [0.15, 0.2) is 59.5 Å². The van der Waals surface area contributed by atoms with Crippen molar-refractivity contribution in [3.63, 3.8) is 0 Å². The summed E-state index contributed by atoms with van der Waals surface area (Å²) in [6.07, 6.45) is 0.887. The monoisotopic (exact) mass is 288 g/mol. The van der Waals surface area contributed by atoms with Gasteiger partial charge in [0.1, 0.15) is 0 Å². The van der Waals surface area contributed by atoms with Crippen molar-refractivity contribution in [2.75, 3.05) is 0 Å². The molecule has 3 nitrogen and oxygen atoms in total. The van der Waals surface area contributed by atoms with E-state index in [1.807, 2.05) is 42.5 Å². The lowest BCUT2D eigenvalue weighted by atomic mass is 9.88. The molecule has 0 bridgehead atoms. The zero-order valence-electron chi connectivity index (χ0n) is 10.9. The summed E-state index contributed by atoms with van der Waals surface area (Å²) in [5.74, 6) is 0.0133. The van der Waals surface area contributed by atoms with E-state index in [1.54, 1.807) is 12.1 Å². The summed E-state index contributed by atoms with van der Waals surface area (Å²) in [5, 5.41) is 9.94. The molecule has 2 unspecified atom stereocenters. The van der Waals surface area contributed by atoms with Crippen LogP contribution in [0, 0.1) is 0 Å². The summed E-state index contributed by atoms with van der Waals surface area (Å²) < 4.78 is 24.7. The number of aliphatic hydroxyl groups excluding tert-OH is 1. The third-order valence-electron chi connectivity index (χ3n) is 3.86. The van der Waals surface area contributed by atoms with Crippen LogP contribution < -0.4 is 0 Å². The molecule has 1 heterocycles. The van der Waals surface area contributed by atoms with Gasteiger partial charge in [0.25, 0.3) is 0 Å². The van der Waals surface area contributed by atoms with Gasteiger partial charge in [0.15, 0.2) is 5.44 Å². The van der Waals surface area contributed by atoms with Crippen LogP contribution in [0.1, 0.15) is 29.9 Å². The Hall–Kier alpha value is -1.65. The van der Waals surface area contributed by atoms with E-state index < -0.39 is 15.3 Å². The lowest BCUT2D eigenvalue weighted by Gasteiger charge is -2.17. The standard InChI is InChI=1S/C16H16O3S/c17-16-11-10-13(12-6-2-1-3-7-12)14-8-4-5-9-15(14)20(16,18)19/h1-9,13,16-17H,10-11H2. The second-order valence-corrected chi connectivity index (χ2v) is 7.15. The van der Waals surface area contributed by atoms with Crippen LogP contribution >= 0.6 is 0 Å². The molecular formula is C16H16O3S. The minimum Gasteiger partial charge on any atom is -0.377 e. The molecule has 1 aliphatic heterocycles. The first-order valence-electron chi connectivity index (χ1n) is 6.66. The van der Waals surface area contributed by atoms with Gasteiger partial charge in [-0.3, -0.25) is 0 Å². The molecule has 4 heteroatoms. The number of aliphatic hydroxyl groups is 1. The molecule has 0 radical (unpaired) electrons. The molecule has 104 valence electrons. The van der Waals surface area contributed by atoms with E-state index in [1.165, 1.54) is 0 Å². The Bertz CT molecular complexity index is 708. The van der Waals surface area contributed by atoms with E-state index in [9.17, 15) is 13.5 Å². The van der Waals surface area contributed by atoms with Gasteiger partial charge in [-0.2, -0.15) is 0 Å². The minimum atomic E-state index is -3.64. The third-order valence-corrected chi connectivity index (χ3v) is 5.80. The molecule has 3 rings (SSSR count). The quantitative estimate of drug-likeness (QED) is 0.878. The van der Waals surface area contributed by atoms with Gasteiger partial charge in [0.2, 0.25) is 9.84 Å². The topological polar surface area (TPSA) is 54.4 Å². The lowest BCUT2D eigenvalue weighted by Crippen LogP contribution is -2.19. The van der Waals surface area contributed by atoms with Crippen LogP contribution in [0.3, 0.4) is 0 Å². The number of rotatable bonds is 1. The summed E-state index contributed by atoms with van der Waals surface area (Å²) in [7, 11) is -3.64. The van der Waals surface area contributed by atoms with Gasteiger partial charge < -0.3 is 5.11 Å². The lowest BCUT2D eigenvalue weighted by molar-refractivity contribution is 0.235. The van der Waals surface area contributed by atoms with E-state index >= 15 is 0 Å². The van der Waals surface area contributed by atoms with Crippen molar-refractivity contribution in [3.8, 4) is 0 Å². The highest BCUT2D eigenvalue weighted by Gasteiger charge is 2.34. The molecule has 1 aliphatic rings. The van der Waals surface area contributed by atoms with Crippen molar-refractivity contribution in [2.24, 2.45) is 0 Å². The number of hydrogen-bond donors (Lipinski definition) is 1. The SMILES string of the molecule is O=S1(=O)c2ccccc2C(c2ccccc2)CCC1O. The summed E-state index contributed by atoms with van der Waals surface area (Å²) in [6, 6.07) is 16.9. The summed E-state index contributed by atoms with van der Waals surface area (Å²) >= 11 is 0. The largest absolute Gasteiger partial charge is 0.377 e. The molecule has 2 atom stereocenters. The first kappa shape index (κ1) is 13.3. The highest BCUT2D eigenvalue weighted by Crippen LogP contribution is 2.38.